The number of fused-ring (bicyclic) bond motifs is 1. The third-order valence-corrected chi connectivity index (χ3v) is 3.59. The number of nitrogens with zero attached hydrogens (tertiary/aromatic N) is 4. The van der Waals surface area contributed by atoms with E-state index < -0.39 is 5.83 Å². The Hall–Kier alpha value is -3.61. The van der Waals surface area contributed by atoms with Crippen molar-refractivity contribution in [3.05, 3.63) is 79.5 Å². The molecule has 0 aliphatic heterocycles. The Kier molecular flexibility index (Phi) is 4.98. The first-order chi connectivity index (χ1) is 12.6. The maximum Gasteiger partial charge on any atom is 0.175 e. The summed E-state index contributed by atoms with van der Waals surface area (Å²) in [4.78, 5) is 17.0. The molecule has 0 spiro atoms. The number of hydrogen-bond acceptors (Lipinski definition) is 6. The molecule has 0 fully saturated rings. The van der Waals surface area contributed by atoms with Crippen molar-refractivity contribution in [2.45, 2.75) is 0 Å². The number of allylic oxidation sites excluding steroid dienone is 3. The maximum atomic E-state index is 14.6. The Balaban J connectivity index is 2.18. The number of nitrogens with one attached hydrogen (secondary N) is 1. The van der Waals surface area contributed by atoms with Gasteiger partial charge in [-0.1, -0.05) is 19.2 Å². The van der Waals surface area contributed by atoms with E-state index in [1.54, 1.807) is 36.8 Å². The molecule has 0 atom stereocenters. The van der Waals surface area contributed by atoms with Gasteiger partial charge in [0.2, 0.25) is 0 Å². The highest BCUT2D eigenvalue weighted by Crippen LogP contribution is 2.28. The summed E-state index contributed by atoms with van der Waals surface area (Å²) in [6, 6.07) is 7.20. The normalized spacial score (nSPS) is 11.6. The Labute approximate surface area is 149 Å². The minimum absolute atomic E-state index is 0.0715. The van der Waals surface area contributed by atoms with Crippen LogP contribution in [-0.4, -0.2) is 27.0 Å². The number of aromatic nitrogens is 4. The van der Waals surface area contributed by atoms with Crippen LogP contribution in [0, 0.1) is 0 Å². The van der Waals surface area contributed by atoms with Gasteiger partial charge in [-0.3, -0.25) is 4.98 Å². The van der Waals surface area contributed by atoms with Crippen LogP contribution in [0.15, 0.2) is 73.7 Å². The molecule has 7 heteroatoms. The van der Waals surface area contributed by atoms with E-state index in [0.29, 0.717) is 16.9 Å². The highest BCUT2D eigenvalue weighted by atomic mass is 19.1. The number of pyridine rings is 2. The largest absolute Gasteiger partial charge is 0.494 e. The van der Waals surface area contributed by atoms with Crippen LogP contribution in [0.1, 0.15) is 5.82 Å². The second kappa shape index (κ2) is 7.52. The first-order valence-electron chi connectivity index (χ1n) is 7.69. The van der Waals surface area contributed by atoms with Crippen molar-refractivity contribution in [3.63, 3.8) is 0 Å². The maximum absolute atomic E-state index is 14.6. The molecular formula is C19H16FN5O. The molecule has 26 heavy (non-hydrogen) atoms. The molecule has 0 aliphatic rings. The molecule has 1 N–H and O–H groups in total. The molecule has 0 aliphatic carbocycles. The minimum Gasteiger partial charge on any atom is -0.494 e. The van der Waals surface area contributed by atoms with Gasteiger partial charge in [-0.25, -0.2) is 19.3 Å². The molecule has 0 amide bonds. The van der Waals surface area contributed by atoms with E-state index >= 15 is 0 Å². The standard InChI is InChI=1S/C19H16FN5O/c1-4-14(16(20)12(2)26-3)18-24-17-15(6-5-9-22-17)19(25-18)23-13-7-10-21-11-8-13/h4-11H,1-2H2,3H3,(H,21,22,23,24,25)/b16-14-. The molecule has 3 rings (SSSR count). The third-order valence-electron chi connectivity index (χ3n) is 3.59. The number of hydrogen-bond donors (Lipinski definition) is 1. The predicted octanol–water partition coefficient (Wildman–Crippen LogP) is 4.19. The summed E-state index contributed by atoms with van der Waals surface area (Å²) in [6.45, 7) is 7.17. The average Bonchev–Trinajstić information content (AvgIpc) is 2.68. The summed E-state index contributed by atoms with van der Waals surface area (Å²) < 4.78 is 19.4. The summed E-state index contributed by atoms with van der Waals surface area (Å²) in [7, 11) is 1.34. The Morgan fingerprint density at radius 3 is 2.65 bits per heavy atom. The van der Waals surface area contributed by atoms with Crippen LogP contribution in [-0.2, 0) is 4.74 Å². The van der Waals surface area contributed by atoms with E-state index in [9.17, 15) is 4.39 Å². The highest BCUT2D eigenvalue weighted by molar-refractivity contribution is 5.90. The lowest BCUT2D eigenvalue weighted by atomic mass is 10.2. The second-order valence-electron chi connectivity index (χ2n) is 5.19. The van der Waals surface area contributed by atoms with E-state index in [-0.39, 0.29) is 17.2 Å². The first-order valence-corrected chi connectivity index (χ1v) is 7.69. The highest BCUT2D eigenvalue weighted by Gasteiger charge is 2.16. The first kappa shape index (κ1) is 17.2. The number of methoxy groups -OCH3 is 1. The van der Waals surface area contributed by atoms with E-state index in [1.165, 1.54) is 13.2 Å². The number of halogens is 1. The zero-order valence-corrected chi connectivity index (χ0v) is 14.1. The fourth-order valence-corrected chi connectivity index (χ4v) is 2.27. The minimum atomic E-state index is -0.687. The average molecular weight is 349 g/mol. The molecule has 3 aromatic heterocycles. The molecule has 0 unspecified atom stereocenters. The molecule has 130 valence electrons. The lowest BCUT2D eigenvalue weighted by molar-refractivity contribution is 0.286. The number of ether oxygens (including phenoxy) is 1. The van der Waals surface area contributed by atoms with E-state index in [0.717, 1.165) is 5.69 Å². The Morgan fingerprint density at radius 2 is 1.96 bits per heavy atom. The van der Waals surface area contributed by atoms with Crippen molar-refractivity contribution in [2.75, 3.05) is 12.4 Å². The van der Waals surface area contributed by atoms with Crippen LogP contribution in [0.3, 0.4) is 0 Å². The van der Waals surface area contributed by atoms with Crippen molar-refractivity contribution in [1.82, 2.24) is 19.9 Å². The molecule has 0 aromatic carbocycles. The molecule has 0 saturated carbocycles. The van der Waals surface area contributed by atoms with Crippen molar-refractivity contribution in [1.29, 1.82) is 0 Å². The van der Waals surface area contributed by atoms with Gasteiger partial charge >= 0.3 is 0 Å². The van der Waals surface area contributed by atoms with Gasteiger partial charge in [0.1, 0.15) is 11.6 Å². The molecule has 0 bridgehead atoms. The molecule has 0 radical (unpaired) electrons. The van der Waals surface area contributed by atoms with Crippen LogP contribution >= 0.6 is 0 Å². The summed E-state index contributed by atoms with van der Waals surface area (Å²) >= 11 is 0. The molecular weight excluding hydrogens is 333 g/mol. The van der Waals surface area contributed by atoms with Crippen molar-refractivity contribution < 1.29 is 9.13 Å². The van der Waals surface area contributed by atoms with Crippen LogP contribution in [0.2, 0.25) is 0 Å². The Morgan fingerprint density at radius 1 is 1.19 bits per heavy atom. The second-order valence-corrected chi connectivity index (χ2v) is 5.19. The lowest BCUT2D eigenvalue weighted by Gasteiger charge is -2.11. The quantitative estimate of drug-likeness (QED) is 0.531. The summed E-state index contributed by atoms with van der Waals surface area (Å²) in [5, 5.41) is 3.88. The zero-order chi connectivity index (χ0) is 18.5. The van der Waals surface area contributed by atoms with E-state index in [1.807, 2.05) is 6.07 Å². The Bertz CT molecular complexity index is 1000. The van der Waals surface area contributed by atoms with Crippen molar-refractivity contribution >= 4 is 28.1 Å². The van der Waals surface area contributed by atoms with Crippen LogP contribution in [0.4, 0.5) is 15.9 Å². The lowest BCUT2D eigenvalue weighted by Crippen LogP contribution is -2.03. The van der Waals surface area contributed by atoms with Gasteiger partial charge in [-0.2, -0.15) is 0 Å². The van der Waals surface area contributed by atoms with Gasteiger partial charge in [-0.15, -0.1) is 0 Å². The van der Waals surface area contributed by atoms with E-state index in [2.05, 4.69) is 38.4 Å². The van der Waals surface area contributed by atoms with Crippen LogP contribution in [0.5, 0.6) is 0 Å². The van der Waals surface area contributed by atoms with Gasteiger partial charge in [0.25, 0.3) is 0 Å². The zero-order valence-electron chi connectivity index (χ0n) is 14.1. The number of rotatable bonds is 6. The monoisotopic (exact) mass is 349 g/mol. The molecule has 3 aromatic rings. The van der Waals surface area contributed by atoms with Crippen molar-refractivity contribution in [2.24, 2.45) is 0 Å². The van der Waals surface area contributed by atoms with Gasteiger partial charge in [0, 0.05) is 24.3 Å². The van der Waals surface area contributed by atoms with E-state index in [4.69, 9.17) is 4.74 Å². The van der Waals surface area contributed by atoms with Crippen molar-refractivity contribution in [3.8, 4) is 0 Å². The topological polar surface area (TPSA) is 72.8 Å². The molecule has 0 saturated heterocycles. The van der Waals surface area contributed by atoms with Gasteiger partial charge < -0.3 is 10.1 Å². The summed E-state index contributed by atoms with van der Waals surface area (Å²) in [6.07, 6.45) is 6.24. The van der Waals surface area contributed by atoms with Gasteiger partial charge in [0.15, 0.2) is 17.3 Å². The third kappa shape index (κ3) is 3.41. The fourth-order valence-electron chi connectivity index (χ4n) is 2.27. The smallest absolute Gasteiger partial charge is 0.175 e. The predicted molar refractivity (Wildman–Crippen MR) is 99.2 cm³/mol. The molecule has 6 nitrogen and oxygen atoms in total. The molecule has 3 heterocycles. The van der Waals surface area contributed by atoms with Crippen LogP contribution < -0.4 is 5.32 Å². The number of anilines is 2. The summed E-state index contributed by atoms with van der Waals surface area (Å²) in [5.74, 6) is -0.209. The van der Waals surface area contributed by atoms with Gasteiger partial charge in [-0.05, 0) is 24.3 Å². The summed E-state index contributed by atoms with van der Waals surface area (Å²) in [5.41, 5.74) is 1.27. The SMILES string of the molecule is C=C/C(=C(/F)C(=C)OC)c1nc(Nc2ccncc2)c2cccnc2n1. The van der Waals surface area contributed by atoms with Crippen LogP contribution in [0.25, 0.3) is 16.6 Å². The van der Waals surface area contributed by atoms with Gasteiger partial charge in [0.05, 0.1) is 18.1 Å². The fraction of sp³-hybridized carbons (Fsp3) is 0.0526.